The second-order valence-corrected chi connectivity index (χ2v) is 3.82. The predicted molar refractivity (Wildman–Crippen MR) is 66.6 cm³/mol. The molecule has 0 fully saturated rings. The molecule has 0 saturated carbocycles. The van der Waals surface area contributed by atoms with E-state index in [0.717, 1.165) is 21.8 Å². The average Bonchev–Trinajstić information content (AvgIpc) is 2.65. The summed E-state index contributed by atoms with van der Waals surface area (Å²) in [5.41, 5.74) is 1.95. The van der Waals surface area contributed by atoms with Crippen LogP contribution < -0.4 is 4.65 Å². The first-order valence-corrected chi connectivity index (χ1v) is 5.27. The molecule has 0 atom stereocenters. The lowest BCUT2D eigenvalue weighted by Crippen LogP contribution is -2.20. The Bertz CT molecular complexity index is 678. The molecule has 0 spiro atoms. The monoisotopic (exact) mass is 227 g/mol. The molecule has 17 heavy (non-hydrogen) atoms. The normalized spacial score (nSPS) is 10.9. The molecule has 0 aliphatic carbocycles. The maximum absolute atomic E-state index is 8.74. The molecule has 5 heteroatoms. The summed E-state index contributed by atoms with van der Waals surface area (Å²) in [6, 6.07) is 13.3. The van der Waals surface area contributed by atoms with Crippen molar-refractivity contribution >= 4 is 29.1 Å². The van der Waals surface area contributed by atoms with Crippen LogP contribution in [-0.2, 0) is 0 Å². The third-order valence-electron chi connectivity index (χ3n) is 2.72. The van der Waals surface area contributed by atoms with Crippen LogP contribution in [0.3, 0.4) is 0 Å². The zero-order valence-electron chi connectivity index (χ0n) is 8.92. The summed E-state index contributed by atoms with van der Waals surface area (Å²) >= 11 is 0. The van der Waals surface area contributed by atoms with Crippen LogP contribution in [0.25, 0.3) is 21.8 Å². The van der Waals surface area contributed by atoms with Gasteiger partial charge in [0.05, 0.1) is 5.52 Å². The van der Waals surface area contributed by atoms with E-state index in [4.69, 9.17) is 14.7 Å². The fourth-order valence-corrected chi connectivity index (χ4v) is 2.03. The van der Waals surface area contributed by atoms with Gasteiger partial charge < -0.3 is 19.7 Å². The lowest BCUT2D eigenvalue weighted by atomic mass is 10.1. The van der Waals surface area contributed by atoms with Crippen molar-refractivity contribution in [2.24, 2.45) is 0 Å². The molecule has 3 aromatic rings. The molecule has 0 radical (unpaired) electrons. The molecule has 3 rings (SSSR count). The van der Waals surface area contributed by atoms with Crippen molar-refractivity contribution in [1.82, 2.24) is 4.98 Å². The number of hydrogen-bond donors (Lipinski definition) is 3. The molecule has 84 valence electrons. The first-order valence-electron chi connectivity index (χ1n) is 5.27. The van der Waals surface area contributed by atoms with Gasteiger partial charge in [0, 0.05) is 22.4 Å². The Hall–Kier alpha value is -1.98. The lowest BCUT2D eigenvalue weighted by molar-refractivity contribution is 0.288. The van der Waals surface area contributed by atoms with E-state index in [1.165, 1.54) is 0 Å². The SMILES string of the molecule is OB(O)Oc1ccc2c(c1)[nH]c1ccccc12. The van der Waals surface area contributed by atoms with Crippen molar-refractivity contribution in [2.45, 2.75) is 0 Å². The van der Waals surface area contributed by atoms with Crippen LogP contribution in [0.4, 0.5) is 0 Å². The van der Waals surface area contributed by atoms with E-state index < -0.39 is 7.32 Å². The van der Waals surface area contributed by atoms with Gasteiger partial charge in [-0.05, 0) is 18.2 Å². The van der Waals surface area contributed by atoms with Gasteiger partial charge >= 0.3 is 7.32 Å². The Morgan fingerprint density at radius 3 is 2.53 bits per heavy atom. The second-order valence-electron chi connectivity index (χ2n) is 3.82. The topological polar surface area (TPSA) is 65.5 Å². The Balaban J connectivity index is 2.20. The highest BCUT2D eigenvalue weighted by atomic mass is 16.6. The number of H-pyrrole nitrogens is 1. The van der Waals surface area contributed by atoms with Gasteiger partial charge in [0.1, 0.15) is 5.75 Å². The summed E-state index contributed by atoms with van der Waals surface area (Å²) < 4.78 is 4.81. The Morgan fingerprint density at radius 1 is 0.941 bits per heavy atom. The summed E-state index contributed by atoms with van der Waals surface area (Å²) in [5, 5.41) is 19.7. The van der Waals surface area contributed by atoms with Crippen LogP contribution in [0.2, 0.25) is 0 Å². The molecule has 0 unspecified atom stereocenters. The quantitative estimate of drug-likeness (QED) is 0.583. The Morgan fingerprint density at radius 2 is 1.71 bits per heavy atom. The molecule has 0 aliphatic heterocycles. The fraction of sp³-hybridized carbons (Fsp3) is 0. The molecule has 0 saturated heterocycles. The van der Waals surface area contributed by atoms with Gasteiger partial charge in [-0.3, -0.25) is 0 Å². The van der Waals surface area contributed by atoms with E-state index in [2.05, 4.69) is 4.98 Å². The van der Waals surface area contributed by atoms with Gasteiger partial charge in [-0.15, -0.1) is 0 Å². The zero-order chi connectivity index (χ0) is 11.8. The average molecular weight is 227 g/mol. The number of hydrogen-bond acceptors (Lipinski definition) is 3. The highest BCUT2D eigenvalue weighted by Crippen LogP contribution is 2.28. The number of benzene rings is 2. The van der Waals surface area contributed by atoms with Crippen LogP contribution >= 0.6 is 0 Å². The number of nitrogens with one attached hydrogen (secondary N) is 1. The summed E-state index contributed by atoms with van der Waals surface area (Å²) in [5.74, 6) is 0.416. The fourth-order valence-electron chi connectivity index (χ4n) is 2.03. The minimum Gasteiger partial charge on any atom is -0.512 e. The highest BCUT2D eigenvalue weighted by Gasteiger charge is 2.12. The predicted octanol–water partition coefficient (Wildman–Crippen LogP) is 1.67. The molecule has 0 bridgehead atoms. The van der Waals surface area contributed by atoms with Crippen molar-refractivity contribution < 1.29 is 14.7 Å². The number of aromatic nitrogens is 1. The molecule has 3 N–H and O–H groups in total. The van der Waals surface area contributed by atoms with Crippen LogP contribution in [-0.4, -0.2) is 22.4 Å². The van der Waals surface area contributed by atoms with Gasteiger partial charge in [-0.1, -0.05) is 18.2 Å². The first-order chi connectivity index (χ1) is 8.24. The highest BCUT2D eigenvalue weighted by molar-refractivity contribution is 6.33. The van der Waals surface area contributed by atoms with Crippen LogP contribution in [0.5, 0.6) is 5.75 Å². The Labute approximate surface area is 97.6 Å². The van der Waals surface area contributed by atoms with E-state index in [1.54, 1.807) is 12.1 Å². The molecule has 0 aliphatic rings. The standard InChI is InChI=1S/C12H10BNO3/c15-13(16)17-8-5-6-10-9-3-1-2-4-11(9)14-12(10)7-8/h1-7,14-16H. The van der Waals surface area contributed by atoms with Gasteiger partial charge in [0.25, 0.3) is 0 Å². The molecule has 2 aromatic carbocycles. The number of aromatic amines is 1. The van der Waals surface area contributed by atoms with Gasteiger partial charge in [0.2, 0.25) is 0 Å². The second kappa shape index (κ2) is 3.80. The largest absolute Gasteiger partial charge is 0.707 e. The van der Waals surface area contributed by atoms with Crippen molar-refractivity contribution in [2.75, 3.05) is 0 Å². The maximum Gasteiger partial charge on any atom is 0.707 e. The third kappa shape index (κ3) is 1.75. The van der Waals surface area contributed by atoms with Crippen LogP contribution in [0.15, 0.2) is 42.5 Å². The van der Waals surface area contributed by atoms with E-state index in [0.29, 0.717) is 5.75 Å². The maximum atomic E-state index is 8.74. The molecule has 0 amide bonds. The summed E-state index contributed by atoms with van der Waals surface area (Å²) in [6.07, 6.45) is 0. The summed E-state index contributed by atoms with van der Waals surface area (Å²) in [7, 11) is -1.79. The summed E-state index contributed by atoms with van der Waals surface area (Å²) in [4.78, 5) is 3.25. The van der Waals surface area contributed by atoms with E-state index in [9.17, 15) is 0 Å². The van der Waals surface area contributed by atoms with Crippen molar-refractivity contribution in [3.63, 3.8) is 0 Å². The van der Waals surface area contributed by atoms with Crippen molar-refractivity contribution in [1.29, 1.82) is 0 Å². The number of fused-ring (bicyclic) bond motifs is 3. The van der Waals surface area contributed by atoms with Gasteiger partial charge in [0.15, 0.2) is 0 Å². The van der Waals surface area contributed by atoms with E-state index in [-0.39, 0.29) is 0 Å². The molecule has 4 nitrogen and oxygen atoms in total. The van der Waals surface area contributed by atoms with Crippen molar-refractivity contribution in [3.05, 3.63) is 42.5 Å². The molecule has 1 heterocycles. The minimum atomic E-state index is -1.79. The van der Waals surface area contributed by atoms with E-state index >= 15 is 0 Å². The van der Waals surface area contributed by atoms with Crippen molar-refractivity contribution in [3.8, 4) is 5.75 Å². The first kappa shape index (κ1) is 10.2. The summed E-state index contributed by atoms with van der Waals surface area (Å²) in [6.45, 7) is 0. The lowest BCUT2D eigenvalue weighted by Gasteiger charge is -2.03. The van der Waals surface area contributed by atoms with E-state index in [1.807, 2.05) is 30.3 Å². The van der Waals surface area contributed by atoms with Crippen LogP contribution in [0, 0.1) is 0 Å². The smallest absolute Gasteiger partial charge is 0.512 e. The van der Waals surface area contributed by atoms with Gasteiger partial charge in [-0.2, -0.15) is 0 Å². The molecule has 1 aromatic heterocycles. The minimum absolute atomic E-state index is 0.416. The molecular formula is C12H10BNO3. The third-order valence-corrected chi connectivity index (χ3v) is 2.72. The van der Waals surface area contributed by atoms with Crippen LogP contribution in [0.1, 0.15) is 0 Å². The zero-order valence-corrected chi connectivity index (χ0v) is 8.92. The number of para-hydroxylation sites is 1. The number of rotatable bonds is 2. The van der Waals surface area contributed by atoms with Gasteiger partial charge in [-0.25, -0.2) is 0 Å². The molecular weight excluding hydrogens is 217 g/mol. The Kier molecular flexibility index (Phi) is 2.28.